The van der Waals surface area contributed by atoms with Crippen LogP contribution in [-0.4, -0.2) is 25.5 Å². The minimum atomic E-state index is -0.320. The first-order chi connectivity index (χ1) is 8.11. The molecule has 1 aromatic rings. The molecule has 0 unspecified atom stereocenters. The van der Waals surface area contributed by atoms with Crippen LogP contribution in [0.15, 0.2) is 24.3 Å². The van der Waals surface area contributed by atoms with Gasteiger partial charge in [0, 0.05) is 10.1 Å². The molecule has 0 aromatic heterocycles. The lowest BCUT2D eigenvalue weighted by atomic mass is 10.1. The largest absolute Gasteiger partial charge is 0.469 e. The molecule has 1 amide bonds. The van der Waals surface area contributed by atoms with Crippen LogP contribution in [0.1, 0.15) is 12.0 Å². The van der Waals surface area contributed by atoms with Crippen LogP contribution in [0.4, 0.5) is 0 Å². The maximum absolute atomic E-state index is 11.5. The molecule has 0 bridgehead atoms. The molecule has 1 aromatic carbocycles. The van der Waals surface area contributed by atoms with Crippen molar-refractivity contribution in [3.8, 4) is 0 Å². The summed E-state index contributed by atoms with van der Waals surface area (Å²) in [5.41, 5.74) is 0.959. The van der Waals surface area contributed by atoms with E-state index in [1.807, 2.05) is 24.3 Å². The summed E-state index contributed by atoms with van der Waals surface area (Å²) in [7, 11) is 1.33. The topological polar surface area (TPSA) is 55.4 Å². The van der Waals surface area contributed by atoms with Crippen LogP contribution in [0.25, 0.3) is 0 Å². The number of benzene rings is 1. The van der Waals surface area contributed by atoms with Gasteiger partial charge in [-0.3, -0.25) is 9.59 Å². The van der Waals surface area contributed by atoms with Crippen LogP contribution in [0.2, 0.25) is 0 Å². The fraction of sp³-hybridized carbons (Fsp3) is 0.333. The third-order valence-corrected chi connectivity index (χ3v) is 2.88. The number of nitrogens with one attached hydrogen (secondary N) is 1. The van der Waals surface area contributed by atoms with Crippen molar-refractivity contribution in [3.05, 3.63) is 33.4 Å². The smallest absolute Gasteiger partial charge is 0.307 e. The third-order valence-electron chi connectivity index (χ3n) is 2.16. The number of hydrogen-bond donors (Lipinski definition) is 1. The number of methoxy groups -OCH3 is 1. The molecule has 0 saturated carbocycles. The van der Waals surface area contributed by atoms with Gasteiger partial charge in [-0.05, 0) is 40.3 Å². The van der Waals surface area contributed by atoms with Crippen molar-refractivity contribution in [3.63, 3.8) is 0 Å². The van der Waals surface area contributed by atoms with Crippen molar-refractivity contribution in [1.82, 2.24) is 5.32 Å². The lowest BCUT2D eigenvalue weighted by molar-refractivity contribution is -0.140. The second kappa shape index (κ2) is 7.26. The van der Waals surface area contributed by atoms with Crippen molar-refractivity contribution in [2.75, 3.05) is 13.7 Å². The number of esters is 1. The van der Waals surface area contributed by atoms with E-state index in [1.165, 1.54) is 7.11 Å². The first-order valence-electron chi connectivity index (χ1n) is 5.20. The Morgan fingerprint density at radius 2 is 1.94 bits per heavy atom. The summed E-state index contributed by atoms with van der Waals surface area (Å²) >= 11 is 2.21. The molecule has 0 aliphatic heterocycles. The number of hydrogen-bond acceptors (Lipinski definition) is 3. The molecular formula is C12H14INO3. The monoisotopic (exact) mass is 347 g/mol. The Morgan fingerprint density at radius 3 is 2.53 bits per heavy atom. The maximum atomic E-state index is 11.5. The number of carbonyl (C=O) groups excluding carboxylic acids is 2. The predicted octanol–water partition coefficient (Wildman–Crippen LogP) is 1.51. The SMILES string of the molecule is COC(=O)CCNC(=O)Cc1ccc(I)cc1. The third kappa shape index (κ3) is 5.67. The first-order valence-corrected chi connectivity index (χ1v) is 6.27. The molecule has 0 radical (unpaired) electrons. The molecule has 5 heteroatoms. The molecule has 4 nitrogen and oxygen atoms in total. The Hall–Kier alpha value is -1.11. The second-order valence-corrected chi connectivity index (χ2v) is 4.72. The predicted molar refractivity (Wildman–Crippen MR) is 72.5 cm³/mol. The van der Waals surface area contributed by atoms with Crippen LogP contribution in [0.5, 0.6) is 0 Å². The van der Waals surface area contributed by atoms with Crippen LogP contribution in [0.3, 0.4) is 0 Å². The maximum Gasteiger partial charge on any atom is 0.307 e. The Labute approximate surface area is 114 Å². The van der Waals surface area contributed by atoms with Gasteiger partial charge in [-0.2, -0.15) is 0 Å². The average Bonchev–Trinajstić information content (AvgIpc) is 2.32. The van der Waals surface area contributed by atoms with Crippen LogP contribution in [0, 0.1) is 3.57 Å². The number of carbonyl (C=O) groups is 2. The molecule has 1 rings (SSSR count). The molecular weight excluding hydrogens is 333 g/mol. The zero-order valence-electron chi connectivity index (χ0n) is 9.53. The number of ether oxygens (including phenoxy) is 1. The van der Waals surface area contributed by atoms with E-state index in [0.717, 1.165) is 9.13 Å². The van der Waals surface area contributed by atoms with Gasteiger partial charge in [0.25, 0.3) is 0 Å². The van der Waals surface area contributed by atoms with E-state index in [-0.39, 0.29) is 18.3 Å². The van der Waals surface area contributed by atoms with E-state index in [1.54, 1.807) is 0 Å². The highest BCUT2D eigenvalue weighted by Crippen LogP contribution is 2.07. The van der Waals surface area contributed by atoms with E-state index in [9.17, 15) is 9.59 Å². The van der Waals surface area contributed by atoms with E-state index in [0.29, 0.717) is 13.0 Å². The van der Waals surface area contributed by atoms with E-state index < -0.39 is 0 Å². The number of rotatable bonds is 5. The Balaban J connectivity index is 2.30. The highest BCUT2D eigenvalue weighted by Gasteiger charge is 2.04. The standard InChI is InChI=1S/C12H14INO3/c1-17-12(16)6-7-14-11(15)8-9-2-4-10(13)5-3-9/h2-5H,6-8H2,1H3,(H,14,15). The summed E-state index contributed by atoms with van der Waals surface area (Å²) in [4.78, 5) is 22.3. The van der Waals surface area contributed by atoms with Crippen molar-refractivity contribution in [2.24, 2.45) is 0 Å². The summed E-state index contributed by atoms with van der Waals surface area (Å²) in [5.74, 6) is -0.408. The van der Waals surface area contributed by atoms with E-state index in [2.05, 4.69) is 32.6 Å². The summed E-state index contributed by atoms with van der Waals surface area (Å²) < 4.78 is 5.61. The van der Waals surface area contributed by atoms with Crippen LogP contribution >= 0.6 is 22.6 Å². The summed E-state index contributed by atoms with van der Waals surface area (Å²) in [6.07, 6.45) is 0.535. The van der Waals surface area contributed by atoms with Gasteiger partial charge in [0.15, 0.2) is 0 Å². The van der Waals surface area contributed by atoms with Gasteiger partial charge in [-0.15, -0.1) is 0 Å². The Kier molecular flexibility index (Phi) is 5.96. The number of amides is 1. The zero-order chi connectivity index (χ0) is 12.7. The lowest BCUT2D eigenvalue weighted by Gasteiger charge is -2.04. The Morgan fingerprint density at radius 1 is 1.29 bits per heavy atom. The summed E-state index contributed by atoms with van der Waals surface area (Å²) in [6.45, 7) is 0.315. The lowest BCUT2D eigenvalue weighted by Crippen LogP contribution is -2.27. The quantitative estimate of drug-likeness (QED) is 0.649. The zero-order valence-corrected chi connectivity index (χ0v) is 11.7. The first kappa shape index (κ1) is 14.0. The van der Waals surface area contributed by atoms with Gasteiger partial charge in [-0.1, -0.05) is 12.1 Å². The molecule has 0 fully saturated rings. The molecule has 0 saturated heterocycles. The molecule has 17 heavy (non-hydrogen) atoms. The minimum Gasteiger partial charge on any atom is -0.469 e. The second-order valence-electron chi connectivity index (χ2n) is 3.48. The molecule has 0 spiro atoms. The molecule has 0 aliphatic carbocycles. The van der Waals surface area contributed by atoms with Gasteiger partial charge in [-0.25, -0.2) is 0 Å². The molecule has 0 aliphatic rings. The van der Waals surface area contributed by atoms with Gasteiger partial charge < -0.3 is 10.1 Å². The van der Waals surface area contributed by atoms with Gasteiger partial charge in [0.05, 0.1) is 20.0 Å². The van der Waals surface area contributed by atoms with Crippen molar-refractivity contribution >= 4 is 34.5 Å². The van der Waals surface area contributed by atoms with Gasteiger partial charge in [0.1, 0.15) is 0 Å². The molecule has 92 valence electrons. The average molecular weight is 347 g/mol. The number of halogens is 1. The molecule has 1 N–H and O–H groups in total. The van der Waals surface area contributed by atoms with Gasteiger partial charge in [0.2, 0.25) is 5.91 Å². The van der Waals surface area contributed by atoms with Crippen molar-refractivity contribution in [2.45, 2.75) is 12.8 Å². The highest BCUT2D eigenvalue weighted by atomic mass is 127. The van der Waals surface area contributed by atoms with Crippen LogP contribution in [-0.2, 0) is 20.7 Å². The minimum absolute atomic E-state index is 0.0879. The highest BCUT2D eigenvalue weighted by molar-refractivity contribution is 14.1. The molecule has 0 heterocycles. The summed E-state index contributed by atoms with van der Waals surface area (Å²) in [5, 5.41) is 2.67. The fourth-order valence-corrected chi connectivity index (χ4v) is 1.62. The van der Waals surface area contributed by atoms with Crippen molar-refractivity contribution < 1.29 is 14.3 Å². The Bertz CT molecular complexity index is 389. The van der Waals surface area contributed by atoms with E-state index in [4.69, 9.17) is 0 Å². The van der Waals surface area contributed by atoms with Crippen molar-refractivity contribution in [1.29, 1.82) is 0 Å². The summed E-state index contributed by atoms with van der Waals surface area (Å²) in [6, 6.07) is 7.75. The fourth-order valence-electron chi connectivity index (χ4n) is 1.26. The molecule has 0 atom stereocenters. The van der Waals surface area contributed by atoms with Crippen LogP contribution < -0.4 is 5.32 Å². The normalized spacial score (nSPS) is 9.76. The van der Waals surface area contributed by atoms with Gasteiger partial charge >= 0.3 is 5.97 Å². The van der Waals surface area contributed by atoms with E-state index >= 15 is 0 Å².